The zero-order chi connectivity index (χ0) is 13.0. The lowest BCUT2D eigenvalue weighted by Crippen LogP contribution is -2.14. The average molecular weight is 265 g/mol. The highest BCUT2D eigenvalue weighted by molar-refractivity contribution is 6.30. The summed E-state index contributed by atoms with van der Waals surface area (Å²) >= 11 is 5.98. The summed E-state index contributed by atoms with van der Waals surface area (Å²) in [5.74, 6) is 0.797. The van der Waals surface area contributed by atoms with Crippen LogP contribution in [0.4, 0.5) is 0 Å². The van der Waals surface area contributed by atoms with Gasteiger partial charge in [0.1, 0.15) is 5.69 Å². The molecule has 0 saturated carbocycles. The number of aromatic nitrogens is 1. The molecule has 0 aliphatic carbocycles. The van der Waals surface area contributed by atoms with Crippen LogP contribution in [0.3, 0.4) is 0 Å². The molecule has 0 spiro atoms. The molecule has 0 saturated heterocycles. The monoisotopic (exact) mass is 264 g/mol. The van der Waals surface area contributed by atoms with E-state index in [1.54, 1.807) is 0 Å². The fraction of sp³-hybridized carbons (Fsp3) is 0.357. The number of hydrogen-bond donors (Lipinski definition) is 1. The van der Waals surface area contributed by atoms with Crippen LogP contribution in [0.15, 0.2) is 28.8 Å². The maximum absolute atomic E-state index is 5.98. The Balaban J connectivity index is 2.20. The first-order valence-corrected chi connectivity index (χ1v) is 6.52. The zero-order valence-corrected chi connectivity index (χ0v) is 11.4. The Morgan fingerprint density at radius 2 is 2.22 bits per heavy atom. The van der Waals surface area contributed by atoms with Crippen molar-refractivity contribution in [3.63, 3.8) is 0 Å². The van der Waals surface area contributed by atoms with Crippen molar-refractivity contribution in [1.29, 1.82) is 0 Å². The van der Waals surface area contributed by atoms with E-state index in [4.69, 9.17) is 16.1 Å². The highest BCUT2D eigenvalue weighted by atomic mass is 35.5. The first-order chi connectivity index (χ1) is 8.72. The van der Waals surface area contributed by atoms with Gasteiger partial charge in [0.15, 0.2) is 5.76 Å². The van der Waals surface area contributed by atoms with Crippen molar-refractivity contribution in [3.05, 3.63) is 40.5 Å². The second-order valence-electron chi connectivity index (χ2n) is 4.27. The number of benzene rings is 1. The van der Waals surface area contributed by atoms with E-state index in [-0.39, 0.29) is 0 Å². The largest absolute Gasteiger partial charge is 0.356 e. The van der Waals surface area contributed by atoms with E-state index in [0.717, 1.165) is 42.1 Å². The van der Waals surface area contributed by atoms with Crippen molar-refractivity contribution < 1.29 is 4.52 Å². The fourth-order valence-corrected chi connectivity index (χ4v) is 2.01. The molecule has 1 N–H and O–H groups in total. The zero-order valence-electron chi connectivity index (χ0n) is 10.7. The van der Waals surface area contributed by atoms with Gasteiger partial charge < -0.3 is 9.84 Å². The van der Waals surface area contributed by atoms with Gasteiger partial charge in [-0.1, -0.05) is 35.8 Å². The minimum Gasteiger partial charge on any atom is -0.356 e. The molecule has 0 aliphatic rings. The minimum atomic E-state index is 0.703. The van der Waals surface area contributed by atoms with Crippen molar-refractivity contribution in [2.45, 2.75) is 26.8 Å². The van der Waals surface area contributed by atoms with E-state index < -0.39 is 0 Å². The molecule has 18 heavy (non-hydrogen) atoms. The molecular weight excluding hydrogens is 248 g/mol. The van der Waals surface area contributed by atoms with Gasteiger partial charge in [-0.05, 0) is 32.0 Å². The van der Waals surface area contributed by atoms with E-state index >= 15 is 0 Å². The van der Waals surface area contributed by atoms with Crippen LogP contribution in [0.2, 0.25) is 5.02 Å². The lowest BCUT2D eigenvalue weighted by Gasteiger charge is -2.00. The normalized spacial score (nSPS) is 10.8. The van der Waals surface area contributed by atoms with Crippen LogP contribution in [0.5, 0.6) is 0 Å². The molecule has 1 aromatic carbocycles. The summed E-state index contributed by atoms with van der Waals surface area (Å²) in [5, 5.41) is 8.14. The summed E-state index contributed by atoms with van der Waals surface area (Å²) < 4.78 is 5.42. The van der Waals surface area contributed by atoms with Crippen molar-refractivity contribution in [2.75, 3.05) is 6.54 Å². The van der Waals surface area contributed by atoms with Crippen molar-refractivity contribution in [2.24, 2.45) is 0 Å². The van der Waals surface area contributed by atoms with Gasteiger partial charge in [0, 0.05) is 22.7 Å². The van der Waals surface area contributed by atoms with Gasteiger partial charge in [-0.15, -0.1) is 0 Å². The minimum absolute atomic E-state index is 0.703. The highest BCUT2D eigenvalue weighted by Gasteiger charge is 2.13. The maximum atomic E-state index is 5.98. The standard InChI is InChI=1S/C14H17ClN2O/c1-3-7-16-9-13-10(2)14(18-17-13)11-5-4-6-12(15)8-11/h4-6,8,16H,3,7,9H2,1-2H3. The molecule has 1 aromatic heterocycles. The van der Waals surface area contributed by atoms with Gasteiger partial charge in [-0.25, -0.2) is 0 Å². The average Bonchev–Trinajstić information content (AvgIpc) is 2.72. The predicted octanol–water partition coefficient (Wildman–Crippen LogP) is 3.80. The van der Waals surface area contributed by atoms with Gasteiger partial charge in [0.05, 0.1) is 0 Å². The van der Waals surface area contributed by atoms with Crippen LogP contribution in [0.25, 0.3) is 11.3 Å². The summed E-state index contributed by atoms with van der Waals surface area (Å²) in [5.41, 5.74) is 2.99. The first-order valence-electron chi connectivity index (χ1n) is 6.14. The van der Waals surface area contributed by atoms with Crippen LogP contribution in [0, 0.1) is 6.92 Å². The Kier molecular flexibility index (Phi) is 4.39. The number of nitrogens with one attached hydrogen (secondary N) is 1. The molecule has 4 heteroatoms. The Morgan fingerprint density at radius 3 is 2.94 bits per heavy atom. The molecule has 2 rings (SSSR count). The summed E-state index contributed by atoms with van der Waals surface area (Å²) in [6, 6.07) is 7.62. The molecule has 0 amide bonds. The van der Waals surface area contributed by atoms with Crippen LogP contribution in [0.1, 0.15) is 24.6 Å². The Labute approximate surface area is 112 Å². The number of hydrogen-bond acceptors (Lipinski definition) is 3. The van der Waals surface area contributed by atoms with Crippen LogP contribution >= 0.6 is 11.6 Å². The summed E-state index contributed by atoms with van der Waals surface area (Å²) in [6.45, 7) is 5.89. The van der Waals surface area contributed by atoms with Crippen LogP contribution in [-0.2, 0) is 6.54 Å². The molecule has 2 aromatic rings. The molecule has 0 atom stereocenters. The predicted molar refractivity (Wildman–Crippen MR) is 73.7 cm³/mol. The lowest BCUT2D eigenvalue weighted by molar-refractivity contribution is 0.420. The van der Waals surface area contributed by atoms with Gasteiger partial charge in [-0.2, -0.15) is 0 Å². The molecule has 3 nitrogen and oxygen atoms in total. The topological polar surface area (TPSA) is 38.1 Å². The van der Waals surface area contributed by atoms with Crippen molar-refractivity contribution in [3.8, 4) is 11.3 Å². The smallest absolute Gasteiger partial charge is 0.170 e. The number of nitrogens with zero attached hydrogens (tertiary/aromatic N) is 1. The Morgan fingerprint density at radius 1 is 1.39 bits per heavy atom. The molecule has 0 bridgehead atoms. The second-order valence-corrected chi connectivity index (χ2v) is 4.71. The van der Waals surface area contributed by atoms with E-state index in [1.807, 2.05) is 31.2 Å². The van der Waals surface area contributed by atoms with Crippen LogP contribution < -0.4 is 5.32 Å². The third-order valence-corrected chi connectivity index (χ3v) is 3.06. The molecule has 0 radical (unpaired) electrons. The maximum Gasteiger partial charge on any atom is 0.170 e. The summed E-state index contributed by atoms with van der Waals surface area (Å²) in [7, 11) is 0. The quantitative estimate of drug-likeness (QED) is 0.835. The van der Waals surface area contributed by atoms with Gasteiger partial charge in [0.25, 0.3) is 0 Å². The van der Waals surface area contributed by atoms with Crippen molar-refractivity contribution in [1.82, 2.24) is 10.5 Å². The molecule has 1 heterocycles. The van der Waals surface area contributed by atoms with E-state index in [9.17, 15) is 0 Å². The summed E-state index contributed by atoms with van der Waals surface area (Å²) in [4.78, 5) is 0. The lowest BCUT2D eigenvalue weighted by atomic mass is 10.1. The number of halogens is 1. The van der Waals surface area contributed by atoms with Gasteiger partial charge >= 0.3 is 0 Å². The van der Waals surface area contributed by atoms with E-state index in [1.165, 1.54) is 0 Å². The van der Waals surface area contributed by atoms with Gasteiger partial charge in [-0.3, -0.25) is 0 Å². The first kappa shape index (κ1) is 13.1. The summed E-state index contributed by atoms with van der Waals surface area (Å²) in [6.07, 6.45) is 1.11. The number of rotatable bonds is 5. The second kappa shape index (κ2) is 6.03. The Bertz CT molecular complexity index is 522. The highest BCUT2D eigenvalue weighted by Crippen LogP contribution is 2.27. The third-order valence-electron chi connectivity index (χ3n) is 2.83. The third kappa shape index (κ3) is 2.92. The molecule has 0 unspecified atom stereocenters. The molecule has 0 aliphatic heterocycles. The van der Waals surface area contributed by atoms with Crippen molar-refractivity contribution >= 4 is 11.6 Å². The van der Waals surface area contributed by atoms with Crippen LogP contribution in [-0.4, -0.2) is 11.7 Å². The Hall–Kier alpha value is -1.32. The van der Waals surface area contributed by atoms with E-state index in [2.05, 4.69) is 17.4 Å². The molecule has 0 fully saturated rings. The van der Waals surface area contributed by atoms with E-state index in [0.29, 0.717) is 5.02 Å². The molecule has 96 valence electrons. The SMILES string of the molecule is CCCNCc1noc(-c2cccc(Cl)c2)c1C. The molecular formula is C14H17ClN2O. The fourth-order valence-electron chi connectivity index (χ4n) is 1.82. The van der Waals surface area contributed by atoms with Gasteiger partial charge in [0.2, 0.25) is 0 Å².